The Labute approximate surface area is 78.5 Å². The van der Waals surface area contributed by atoms with Crippen LogP contribution in [0.2, 0.25) is 0 Å². The summed E-state index contributed by atoms with van der Waals surface area (Å²) in [5, 5.41) is 0. The lowest BCUT2D eigenvalue weighted by molar-refractivity contribution is 0.0565. The maximum atomic E-state index is 5.33. The van der Waals surface area contributed by atoms with E-state index in [1.165, 1.54) is 22.1 Å². The summed E-state index contributed by atoms with van der Waals surface area (Å²) in [6.07, 6.45) is 2.90. The van der Waals surface area contributed by atoms with Gasteiger partial charge < -0.3 is 9.08 Å². The van der Waals surface area contributed by atoms with E-state index in [1.54, 1.807) is 0 Å². The molecule has 0 unspecified atom stereocenters. The molecule has 1 fully saturated rings. The Morgan fingerprint density at radius 2 is 2.10 bits per heavy atom. The highest BCUT2D eigenvalue weighted by Gasteiger charge is 2.31. The van der Waals surface area contributed by atoms with Gasteiger partial charge in [-0.1, -0.05) is 0 Å². The van der Waals surface area contributed by atoms with E-state index in [9.17, 15) is 0 Å². The molecule has 2 nitrogen and oxygen atoms in total. The first-order valence-electron chi connectivity index (χ1n) is 3.34. The highest BCUT2D eigenvalue weighted by atomic mass is 127. The Bertz CT molecular complexity index is 106. The molecule has 60 valence electrons. The standard InChI is InChI=1S/C6H12INOS/c1-8(2)5-3-6(4-5)9-10-7/h5-6H,3-4H2,1-2H3. The second kappa shape index (κ2) is 4.13. The summed E-state index contributed by atoms with van der Waals surface area (Å²) >= 11 is 2.17. The van der Waals surface area contributed by atoms with E-state index in [1.807, 2.05) is 0 Å². The van der Waals surface area contributed by atoms with Crippen LogP contribution >= 0.6 is 30.4 Å². The number of hydrogen-bond donors (Lipinski definition) is 0. The van der Waals surface area contributed by atoms with Crippen molar-refractivity contribution in [3.63, 3.8) is 0 Å². The van der Waals surface area contributed by atoms with Crippen molar-refractivity contribution in [1.29, 1.82) is 0 Å². The number of nitrogens with zero attached hydrogens (tertiary/aromatic N) is 1. The molecule has 0 aromatic heterocycles. The fourth-order valence-corrected chi connectivity index (χ4v) is 2.23. The van der Waals surface area contributed by atoms with Crippen molar-refractivity contribution in [2.45, 2.75) is 25.0 Å². The minimum absolute atomic E-state index is 0.509. The van der Waals surface area contributed by atoms with Crippen LogP contribution in [-0.4, -0.2) is 31.1 Å². The summed E-state index contributed by atoms with van der Waals surface area (Å²) in [7, 11) is 5.70. The summed E-state index contributed by atoms with van der Waals surface area (Å²) in [5.74, 6) is 0. The molecule has 0 amide bonds. The molecular weight excluding hydrogens is 261 g/mol. The van der Waals surface area contributed by atoms with Crippen LogP contribution in [0.4, 0.5) is 0 Å². The van der Waals surface area contributed by atoms with E-state index in [2.05, 4.69) is 40.2 Å². The summed E-state index contributed by atoms with van der Waals surface area (Å²) < 4.78 is 5.33. The van der Waals surface area contributed by atoms with Gasteiger partial charge in [-0.25, -0.2) is 0 Å². The first-order valence-corrected chi connectivity index (χ1v) is 6.63. The van der Waals surface area contributed by atoms with Crippen LogP contribution in [0.1, 0.15) is 12.8 Å². The second-order valence-corrected chi connectivity index (χ2v) is 4.27. The zero-order valence-electron chi connectivity index (χ0n) is 6.21. The molecular formula is C6H12INOS. The van der Waals surface area contributed by atoms with Gasteiger partial charge in [0, 0.05) is 27.2 Å². The molecule has 0 spiro atoms. The van der Waals surface area contributed by atoms with Gasteiger partial charge in [0.2, 0.25) is 0 Å². The van der Waals surface area contributed by atoms with Crippen molar-refractivity contribution in [3.05, 3.63) is 0 Å². The van der Waals surface area contributed by atoms with Gasteiger partial charge in [-0.05, 0) is 26.9 Å². The van der Waals surface area contributed by atoms with Gasteiger partial charge in [0.1, 0.15) is 0 Å². The maximum absolute atomic E-state index is 5.33. The minimum Gasteiger partial charge on any atom is -0.306 e. The highest BCUT2D eigenvalue weighted by molar-refractivity contribution is 14.2. The second-order valence-electron chi connectivity index (χ2n) is 2.87. The minimum atomic E-state index is 0.509. The third-order valence-corrected chi connectivity index (χ3v) is 2.94. The van der Waals surface area contributed by atoms with Crippen molar-refractivity contribution in [2.24, 2.45) is 0 Å². The monoisotopic (exact) mass is 273 g/mol. The maximum Gasteiger partial charge on any atom is 0.0761 e. The summed E-state index contributed by atoms with van der Waals surface area (Å²) in [6.45, 7) is 0. The fraction of sp³-hybridized carbons (Fsp3) is 1.00. The normalized spacial score (nSPS) is 32.4. The molecule has 0 radical (unpaired) electrons. The number of rotatable bonds is 3. The fourth-order valence-electron chi connectivity index (χ4n) is 1.09. The van der Waals surface area contributed by atoms with Crippen molar-refractivity contribution < 1.29 is 4.18 Å². The van der Waals surface area contributed by atoms with Crippen molar-refractivity contribution in [1.82, 2.24) is 4.90 Å². The number of hydrogen-bond acceptors (Lipinski definition) is 3. The van der Waals surface area contributed by atoms with Gasteiger partial charge in [-0.15, -0.1) is 0 Å². The Hall–Kier alpha value is 1.00. The highest BCUT2D eigenvalue weighted by Crippen LogP contribution is 2.31. The van der Waals surface area contributed by atoms with E-state index in [0.717, 1.165) is 6.04 Å². The first kappa shape index (κ1) is 9.09. The summed E-state index contributed by atoms with van der Waals surface area (Å²) in [4.78, 5) is 2.26. The van der Waals surface area contributed by atoms with Crippen LogP contribution in [0.25, 0.3) is 0 Å². The van der Waals surface area contributed by atoms with E-state index < -0.39 is 0 Å². The van der Waals surface area contributed by atoms with Crippen LogP contribution < -0.4 is 0 Å². The largest absolute Gasteiger partial charge is 0.306 e. The van der Waals surface area contributed by atoms with Gasteiger partial charge in [-0.2, -0.15) is 0 Å². The zero-order chi connectivity index (χ0) is 7.56. The molecule has 0 aromatic rings. The molecule has 4 heteroatoms. The molecule has 1 aliphatic rings. The molecule has 0 aliphatic heterocycles. The van der Waals surface area contributed by atoms with Crippen molar-refractivity contribution in [2.75, 3.05) is 14.1 Å². The molecule has 1 aliphatic carbocycles. The molecule has 0 heterocycles. The van der Waals surface area contributed by atoms with Crippen molar-refractivity contribution in [3.8, 4) is 0 Å². The zero-order valence-corrected chi connectivity index (χ0v) is 9.18. The van der Waals surface area contributed by atoms with Gasteiger partial charge >= 0.3 is 0 Å². The quantitative estimate of drug-likeness (QED) is 0.577. The molecule has 1 rings (SSSR count). The van der Waals surface area contributed by atoms with Crippen molar-refractivity contribution >= 4 is 30.4 Å². The third-order valence-electron chi connectivity index (χ3n) is 1.97. The summed E-state index contributed by atoms with van der Waals surface area (Å²) in [6, 6.07) is 0.758. The Morgan fingerprint density at radius 3 is 2.50 bits per heavy atom. The molecule has 0 aromatic carbocycles. The van der Waals surface area contributed by atoms with E-state index in [0.29, 0.717) is 6.10 Å². The molecule has 0 N–H and O–H groups in total. The molecule has 0 bridgehead atoms. The summed E-state index contributed by atoms with van der Waals surface area (Å²) in [5.41, 5.74) is 0. The predicted octanol–water partition coefficient (Wildman–Crippen LogP) is 2.09. The average Bonchev–Trinajstić information content (AvgIpc) is 1.76. The SMILES string of the molecule is CN(C)C1CC(OSI)C1. The topological polar surface area (TPSA) is 12.5 Å². The average molecular weight is 273 g/mol. The Morgan fingerprint density at radius 1 is 1.50 bits per heavy atom. The van der Waals surface area contributed by atoms with E-state index >= 15 is 0 Å². The molecule has 10 heavy (non-hydrogen) atoms. The molecule has 0 atom stereocenters. The van der Waals surface area contributed by atoms with Crippen LogP contribution in [0.3, 0.4) is 0 Å². The number of halogens is 1. The first-order chi connectivity index (χ1) is 4.74. The van der Waals surface area contributed by atoms with Crippen LogP contribution in [0.5, 0.6) is 0 Å². The van der Waals surface area contributed by atoms with E-state index in [-0.39, 0.29) is 0 Å². The van der Waals surface area contributed by atoms with Gasteiger partial charge in [0.25, 0.3) is 0 Å². The van der Waals surface area contributed by atoms with Crippen LogP contribution in [-0.2, 0) is 4.18 Å². The molecule has 1 saturated carbocycles. The lowest BCUT2D eigenvalue weighted by atomic mass is 9.89. The smallest absolute Gasteiger partial charge is 0.0761 e. The lowest BCUT2D eigenvalue weighted by Gasteiger charge is -2.38. The van der Waals surface area contributed by atoms with Gasteiger partial charge in [0.15, 0.2) is 0 Å². The Kier molecular flexibility index (Phi) is 3.76. The van der Waals surface area contributed by atoms with Gasteiger partial charge in [-0.3, -0.25) is 0 Å². The third kappa shape index (κ3) is 2.25. The van der Waals surface area contributed by atoms with Crippen LogP contribution in [0, 0.1) is 0 Å². The van der Waals surface area contributed by atoms with Gasteiger partial charge in [0.05, 0.1) is 15.3 Å². The van der Waals surface area contributed by atoms with E-state index in [4.69, 9.17) is 4.18 Å². The molecule has 0 saturated heterocycles. The van der Waals surface area contributed by atoms with Crippen LogP contribution in [0.15, 0.2) is 0 Å². The predicted molar refractivity (Wildman–Crippen MR) is 53.2 cm³/mol. The lowest BCUT2D eigenvalue weighted by Crippen LogP contribution is -2.43. The Balaban J connectivity index is 2.06.